The molecule has 0 fully saturated rings. The van der Waals surface area contributed by atoms with Crippen molar-refractivity contribution in [2.24, 2.45) is 22.9 Å². The van der Waals surface area contributed by atoms with E-state index < -0.39 is 36.0 Å². The zero-order valence-electron chi connectivity index (χ0n) is 12.8. The predicted molar refractivity (Wildman–Crippen MR) is 80.4 cm³/mol. The summed E-state index contributed by atoms with van der Waals surface area (Å²) in [6, 6.07) is -2.21. The maximum absolute atomic E-state index is 10.2. The van der Waals surface area contributed by atoms with E-state index in [9.17, 15) is 19.2 Å². The first kappa shape index (κ1) is 25.5. The minimum absolute atomic E-state index is 0.278. The second kappa shape index (κ2) is 15.9. The lowest BCUT2D eigenvalue weighted by molar-refractivity contribution is -0.139. The molecular weight excluding hydrogens is 314 g/mol. The Labute approximate surface area is 132 Å². The van der Waals surface area contributed by atoms with Crippen LogP contribution in [0.3, 0.4) is 0 Å². The molecule has 0 aromatic rings. The van der Waals surface area contributed by atoms with Gasteiger partial charge < -0.3 is 43.6 Å². The Morgan fingerprint density at radius 1 is 1.04 bits per heavy atom. The highest BCUT2D eigenvalue weighted by molar-refractivity contribution is 5.73. The number of nitrogens with one attached hydrogen (secondary N) is 1. The summed E-state index contributed by atoms with van der Waals surface area (Å²) < 4.78 is 0. The molecule has 0 spiro atoms. The number of nitrogens with two attached hydrogens (primary N) is 4. The van der Waals surface area contributed by atoms with E-state index in [4.69, 9.17) is 32.5 Å². The average molecular weight is 339 g/mol. The SMILES string of the molecule is C[C@H](N)C(=O)O.NC(=O)NCCC[C@H](N)C(=O)O.NCC(=O)O. The summed E-state index contributed by atoms with van der Waals surface area (Å²) in [7, 11) is 0. The second-order valence-electron chi connectivity index (χ2n) is 4.10. The van der Waals surface area contributed by atoms with E-state index in [1.165, 1.54) is 6.92 Å². The highest BCUT2D eigenvalue weighted by Gasteiger charge is 2.09. The average Bonchev–Trinajstić information content (AvgIpc) is 2.44. The smallest absolute Gasteiger partial charge is 0.320 e. The van der Waals surface area contributed by atoms with Crippen LogP contribution in [0, 0.1) is 0 Å². The molecule has 0 heterocycles. The second-order valence-corrected chi connectivity index (χ2v) is 4.10. The van der Waals surface area contributed by atoms with Crippen molar-refractivity contribution in [2.45, 2.75) is 31.8 Å². The Morgan fingerprint density at radius 2 is 1.43 bits per heavy atom. The van der Waals surface area contributed by atoms with Gasteiger partial charge in [-0.1, -0.05) is 0 Å². The van der Waals surface area contributed by atoms with Crippen LogP contribution >= 0.6 is 0 Å². The molecule has 0 saturated heterocycles. The summed E-state index contributed by atoms with van der Waals surface area (Å²) in [5, 5.41) is 26.1. The maximum Gasteiger partial charge on any atom is 0.320 e. The monoisotopic (exact) mass is 339 g/mol. The van der Waals surface area contributed by atoms with E-state index in [1.807, 2.05) is 0 Å². The Hall–Kier alpha value is -2.44. The topological polar surface area (TPSA) is 245 Å². The lowest BCUT2D eigenvalue weighted by Gasteiger charge is -2.05. The number of aliphatic carboxylic acids is 3. The molecule has 2 amide bonds. The zero-order valence-corrected chi connectivity index (χ0v) is 12.8. The van der Waals surface area contributed by atoms with Crippen LogP contribution < -0.4 is 28.3 Å². The van der Waals surface area contributed by atoms with Gasteiger partial charge in [-0.2, -0.15) is 0 Å². The Kier molecular flexibility index (Phi) is 17.7. The molecule has 0 aliphatic rings. The lowest BCUT2D eigenvalue weighted by atomic mass is 10.2. The highest BCUT2D eigenvalue weighted by Crippen LogP contribution is 1.92. The van der Waals surface area contributed by atoms with Crippen LogP contribution in [0.2, 0.25) is 0 Å². The van der Waals surface area contributed by atoms with Crippen molar-refractivity contribution >= 4 is 23.9 Å². The Balaban J connectivity index is -0.000000303. The van der Waals surface area contributed by atoms with Crippen molar-refractivity contribution < 1.29 is 34.5 Å². The van der Waals surface area contributed by atoms with Gasteiger partial charge in [-0.05, 0) is 19.8 Å². The number of hydrogen-bond donors (Lipinski definition) is 8. The number of rotatable bonds is 7. The molecule has 12 N–H and O–H groups in total. The van der Waals surface area contributed by atoms with Gasteiger partial charge in [0.15, 0.2) is 0 Å². The van der Waals surface area contributed by atoms with Crippen molar-refractivity contribution in [3.63, 3.8) is 0 Å². The third-order valence-electron chi connectivity index (χ3n) is 1.87. The van der Waals surface area contributed by atoms with Gasteiger partial charge in [-0.25, -0.2) is 4.79 Å². The first-order valence-electron chi connectivity index (χ1n) is 6.37. The van der Waals surface area contributed by atoms with Crippen molar-refractivity contribution in [1.82, 2.24) is 5.32 Å². The van der Waals surface area contributed by atoms with Crippen LogP contribution in [0.25, 0.3) is 0 Å². The molecule has 0 radical (unpaired) electrons. The fraction of sp³-hybridized carbons (Fsp3) is 0.636. The molecule has 0 aromatic heterocycles. The third-order valence-corrected chi connectivity index (χ3v) is 1.87. The first-order chi connectivity index (χ1) is 10.4. The molecule has 136 valence electrons. The molecule has 12 nitrogen and oxygen atoms in total. The van der Waals surface area contributed by atoms with E-state index in [1.54, 1.807) is 0 Å². The van der Waals surface area contributed by atoms with Gasteiger partial charge in [0.2, 0.25) is 0 Å². The molecule has 0 saturated carbocycles. The van der Waals surface area contributed by atoms with E-state index in [2.05, 4.69) is 11.1 Å². The molecule has 0 rings (SSSR count). The normalized spacial score (nSPS) is 11.5. The largest absolute Gasteiger partial charge is 0.480 e. The number of carboxylic acid groups (broad SMARTS) is 3. The van der Waals surface area contributed by atoms with Crippen LogP contribution in [-0.4, -0.2) is 64.4 Å². The van der Waals surface area contributed by atoms with Gasteiger partial charge in [0, 0.05) is 6.54 Å². The van der Waals surface area contributed by atoms with Crippen molar-refractivity contribution in [2.75, 3.05) is 13.1 Å². The third kappa shape index (κ3) is 28.5. The van der Waals surface area contributed by atoms with Crippen LogP contribution in [-0.2, 0) is 14.4 Å². The summed E-state index contributed by atoms with van der Waals surface area (Å²) in [6.07, 6.45) is 0.839. The standard InChI is InChI=1S/C6H13N3O3.C3H7NO2.C2H5NO2/c7-4(5(10)11)2-1-3-9-6(8)12;1-2(4)3(5)6;3-1-2(4)5/h4H,1-3,7H2,(H,10,11)(H3,8,9,12);2H,4H2,1H3,(H,5,6);1,3H2,(H,4,5)/t4-;2-;/m00./s1. The van der Waals surface area contributed by atoms with E-state index >= 15 is 0 Å². The van der Waals surface area contributed by atoms with Gasteiger partial charge in [0.1, 0.15) is 12.1 Å². The summed E-state index contributed by atoms with van der Waals surface area (Å²) in [5.74, 6) is -2.96. The van der Waals surface area contributed by atoms with Gasteiger partial charge in [0.25, 0.3) is 0 Å². The van der Waals surface area contributed by atoms with Crippen LogP contribution in [0.4, 0.5) is 4.79 Å². The maximum atomic E-state index is 10.2. The quantitative estimate of drug-likeness (QED) is 0.223. The van der Waals surface area contributed by atoms with Crippen molar-refractivity contribution in [3.05, 3.63) is 0 Å². The molecule has 12 heteroatoms. The molecule has 0 aliphatic heterocycles. The summed E-state index contributed by atoms with van der Waals surface area (Å²) in [4.78, 5) is 39.1. The number of carbonyl (C=O) groups excluding carboxylic acids is 1. The number of urea groups is 1. The first-order valence-corrected chi connectivity index (χ1v) is 6.37. The minimum Gasteiger partial charge on any atom is -0.480 e. The zero-order chi connectivity index (χ0) is 19.0. The van der Waals surface area contributed by atoms with Crippen LogP contribution in [0.1, 0.15) is 19.8 Å². The molecule has 2 atom stereocenters. The summed E-state index contributed by atoms with van der Waals surface area (Å²) in [6.45, 7) is 1.50. The molecule has 0 unspecified atom stereocenters. The fourth-order valence-electron chi connectivity index (χ4n) is 0.657. The number of primary amides is 1. The lowest BCUT2D eigenvalue weighted by Crippen LogP contribution is -2.33. The van der Waals surface area contributed by atoms with Crippen LogP contribution in [0.15, 0.2) is 0 Å². The predicted octanol–water partition coefficient (Wildman–Crippen LogP) is -2.71. The van der Waals surface area contributed by atoms with Gasteiger partial charge in [0.05, 0.1) is 6.54 Å². The van der Waals surface area contributed by atoms with E-state index in [0.717, 1.165) is 0 Å². The van der Waals surface area contributed by atoms with Crippen molar-refractivity contribution in [3.8, 4) is 0 Å². The molecule has 0 aromatic carbocycles. The molecule has 0 aliphatic carbocycles. The van der Waals surface area contributed by atoms with Gasteiger partial charge >= 0.3 is 23.9 Å². The summed E-state index contributed by atoms with van der Waals surface area (Å²) in [5.41, 5.74) is 19.4. The highest BCUT2D eigenvalue weighted by atomic mass is 16.4. The van der Waals surface area contributed by atoms with Gasteiger partial charge in [-0.15, -0.1) is 0 Å². The number of carboxylic acids is 3. The molecular formula is C11H25N5O7. The molecule has 23 heavy (non-hydrogen) atoms. The molecule has 0 bridgehead atoms. The minimum atomic E-state index is -1.03. The number of carbonyl (C=O) groups is 4. The van der Waals surface area contributed by atoms with Crippen molar-refractivity contribution in [1.29, 1.82) is 0 Å². The number of amides is 2. The Bertz CT molecular complexity index is 376. The number of hydrogen-bond acceptors (Lipinski definition) is 7. The fourth-order valence-corrected chi connectivity index (χ4v) is 0.657. The van der Waals surface area contributed by atoms with Gasteiger partial charge in [-0.3, -0.25) is 14.4 Å². The van der Waals surface area contributed by atoms with Crippen LogP contribution in [0.5, 0.6) is 0 Å². The Morgan fingerprint density at radius 3 is 1.65 bits per heavy atom. The van der Waals surface area contributed by atoms with E-state index in [0.29, 0.717) is 19.4 Å². The summed E-state index contributed by atoms with van der Waals surface area (Å²) >= 11 is 0. The van der Waals surface area contributed by atoms with E-state index in [-0.39, 0.29) is 6.54 Å².